The fourth-order valence-electron chi connectivity index (χ4n) is 2.62. The molecule has 0 fully saturated rings. The number of carbonyl (C=O) groups excluding carboxylic acids is 1. The fraction of sp³-hybridized carbons (Fsp3) is 0.211. The van der Waals surface area contributed by atoms with Gasteiger partial charge in [-0.3, -0.25) is 4.79 Å². The van der Waals surface area contributed by atoms with Crippen LogP contribution < -0.4 is 0 Å². The lowest BCUT2D eigenvalue weighted by Crippen LogP contribution is -2.29. The normalized spacial score (nSPS) is 16.2. The summed E-state index contributed by atoms with van der Waals surface area (Å²) in [6.45, 7) is 3.52. The molecule has 0 atom stereocenters. The second kappa shape index (κ2) is 7.22. The van der Waals surface area contributed by atoms with Crippen molar-refractivity contribution < 1.29 is 18.8 Å². The van der Waals surface area contributed by atoms with Crippen LogP contribution in [-0.2, 0) is 18.8 Å². The summed E-state index contributed by atoms with van der Waals surface area (Å²) in [5, 5.41) is 0.471. The minimum Gasteiger partial charge on any atom is -0.478 e. The lowest BCUT2D eigenvalue weighted by atomic mass is 9.93. The van der Waals surface area contributed by atoms with Crippen molar-refractivity contribution in [2.75, 3.05) is 7.11 Å². The van der Waals surface area contributed by atoms with Crippen molar-refractivity contribution in [2.24, 2.45) is 0 Å². The van der Waals surface area contributed by atoms with Gasteiger partial charge in [-0.2, -0.15) is 4.33 Å². The molecule has 1 aliphatic rings. The number of halogens is 1. The molecule has 1 aliphatic heterocycles. The van der Waals surface area contributed by atoms with Gasteiger partial charge in [-0.1, -0.05) is 41.9 Å². The molecule has 130 valence electrons. The van der Waals surface area contributed by atoms with E-state index in [1.165, 1.54) is 7.11 Å². The number of rotatable bonds is 5. The van der Waals surface area contributed by atoms with Crippen LogP contribution in [0.15, 0.2) is 53.4 Å². The van der Waals surface area contributed by atoms with Gasteiger partial charge in [0.05, 0.1) is 29.7 Å². The van der Waals surface area contributed by atoms with Gasteiger partial charge in [-0.25, -0.2) is 4.89 Å². The number of benzene rings is 2. The third kappa shape index (κ3) is 3.60. The van der Waals surface area contributed by atoms with Gasteiger partial charge in [0.25, 0.3) is 0 Å². The molecule has 0 amide bonds. The third-order valence-corrected chi connectivity index (χ3v) is 4.77. The lowest BCUT2D eigenvalue weighted by molar-refractivity contribution is -0.160. The number of carbonyl (C=O) groups is 1. The Hall–Kier alpha value is -1.79. The first-order chi connectivity index (χ1) is 11.9. The van der Waals surface area contributed by atoms with Gasteiger partial charge in [0.2, 0.25) is 5.78 Å². The van der Waals surface area contributed by atoms with Gasteiger partial charge in [0.1, 0.15) is 5.76 Å². The zero-order chi connectivity index (χ0) is 18.0. The van der Waals surface area contributed by atoms with E-state index in [0.29, 0.717) is 21.9 Å². The Morgan fingerprint density at radius 1 is 1.12 bits per heavy atom. The zero-order valence-corrected chi connectivity index (χ0v) is 15.6. The average molecular weight is 377 g/mol. The molecule has 2 aromatic carbocycles. The highest BCUT2D eigenvalue weighted by Gasteiger charge is 2.43. The van der Waals surface area contributed by atoms with Crippen molar-refractivity contribution in [3.8, 4) is 0 Å². The van der Waals surface area contributed by atoms with E-state index in [1.807, 2.05) is 42.5 Å². The van der Waals surface area contributed by atoms with Gasteiger partial charge < -0.3 is 4.74 Å². The predicted octanol–water partition coefficient (Wildman–Crippen LogP) is 5.17. The first-order valence-corrected chi connectivity index (χ1v) is 8.77. The number of hydrogen-bond acceptors (Lipinski definition) is 5. The predicted molar refractivity (Wildman–Crippen MR) is 98.8 cm³/mol. The molecule has 2 aromatic rings. The Kier molecular flexibility index (Phi) is 5.20. The number of ether oxygens (including phenoxy) is 1. The third-order valence-electron chi connectivity index (χ3n) is 3.80. The molecular weight excluding hydrogens is 360 g/mol. The Balaban J connectivity index is 2.09. The molecule has 0 aliphatic carbocycles. The number of Topliss-reactive ketones (excluding diaryl/α,β-unsaturated/α-hetero) is 1. The lowest BCUT2D eigenvalue weighted by Gasteiger charge is -2.18. The summed E-state index contributed by atoms with van der Waals surface area (Å²) in [6, 6.07) is 14.9. The van der Waals surface area contributed by atoms with E-state index < -0.39 is 5.60 Å². The van der Waals surface area contributed by atoms with E-state index >= 15 is 0 Å². The molecule has 0 N–H and O–H groups in total. The highest BCUT2D eigenvalue weighted by Crippen LogP contribution is 2.43. The van der Waals surface area contributed by atoms with Crippen LogP contribution in [0, 0.1) is 0 Å². The molecule has 0 radical (unpaired) electrons. The van der Waals surface area contributed by atoms with Crippen LogP contribution in [0.25, 0.3) is 11.3 Å². The van der Waals surface area contributed by atoms with E-state index in [0.717, 1.165) is 22.5 Å². The largest absolute Gasteiger partial charge is 0.478 e. The van der Waals surface area contributed by atoms with Crippen molar-refractivity contribution >= 4 is 40.8 Å². The van der Waals surface area contributed by atoms with Crippen LogP contribution in [0.4, 0.5) is 0 Å². The minimum atomic E-state index is -0.934. The Bertz CT molecular complexity index is 831. The molecule has 0 saturated carbocycles. The van der Waals surface area contributed by atoms with Crippen LogP contribution in [0.5, 0.6) is 0 Å². The van der Waals surface area contributed by atoms with Crippen molar-refractivity contribution in [1.82, 2.24) is 0 Å². The van der Waals surface area contributed by atoms with E-state index in [1.54, 1.807) is 19.9 Å². The molecule has 25 heavy (non-hydrogen) atoms. The maximum atomic E-state index is 12.9. The quantitative estimate of drug-likeness (QED) is 0.409. The fourth-order valence-corrected chi connectivity index (χ4v) is 3.39. The summed E-state index contributed by atoms with van der Waals surface area (Å²) in [5.41, 5.74) is 1.09. The highest BCUT2D eigenvalue weighted by atomic mass is 35.5. The molecule has 3 rings (SSSR count). The maximum absolute atomic E-state index is 12.9. The smallest absolute Gasteiger partial charge is 0.210 e. The van der Waals surface area contributed by atoms with Gasteiger partial charge in [-0.15, -0.1) is 0 Å². The number of hydrogen-bond donors (Lipinski definition) is 0. The highest BCUT2D eigenvalue weighted by molar-refractivity contribution is 7.94. The van der Waals surface area contributed by atoms with Crippen LogP contribution in [0.2, 0.25) is 5.02 Å². The van der Waals surface area contributed by atoms with Crippen LogP contribution in [0.1, 0.15) is 25.0 Å². The Morgan fingerprint density at radius 3 is 2.48 bits per heavy atom. The molecule has 0 bridgehead atoms. The summed E-state index contributed by atoms with van der Waals surface area (Å²) in [7, 11) is 1.43. The molecule has 4 nitrogen and oxygen atoms in total. The van der Waals surface area contributed by atoms with Crippen LogP contribution >= 0.6 is 23.6 Å². The Morgan fingerprint density at radius 2 is 1.84 bits per heavy atom. The van der Waals surface area contributed by atoms with Crippen molar-refractivity contribution in [3.05, 3.63) is 64.7 Å². The van der Waals surface area contributed by atoms with Gasteiger partial charge >= 0.3 is 0 Å². The standard InChI is InChI=1S/C19H17ClO4S/c1-19(2)18(21)16(12-7-5-4-6-8-12)17(23-19)14-10-9-13(11-15(14)20)25-24-22-3/h4-11H,1-3H3. The first-order valence-electron chi connectivity index (χ1n) is 7.65. The maximum Gasteiger partial charge on any atom is 0.210 e. The molecule has 0 saturated heterocycles. The average Bonchev–Trinajstić information content (AvgIpc) is 2.83. The van der Waals surface area contributed by atoms with Crippen molar-refractivity contribution in [2.45, 2.75) is 24.3 Å². The first kappa shape index (κ1) is 18.0. The SMILES string of the molecule is COOSc1ccc(C2=C(c3ccccc3)C(=O)C(C)(C)O2)c(Cl)c1. The van der Waals surface area contributed by atoms with Crippen molar-refractivity contribution in [1.29, 1.82) is 0 Å². The van der Waals surface area contributed by atoms with Gasteiger partial charge in [0, 0.05) is 10.5 Å². The van der Waals surface area contributed by atoms with E-state index in [4.69, 9.17) is 20.7 Å². The monoisotopic (exact) mass is 376 g/mol. The summed E-state index contributed by atoms with van der Waals surface area (Å²) in [5.74, 6) is 0.432. The molecule has 0 aromatic heterocycles. The summed E-state index contributed by atoms with van der Waals surface area (Å²) >= 11 is 7.50. The van der Waals surface area contributed by atoms with Crippen molar-refractivity contribution in [3.63, 3.8) is 0 Å². The Labute approximate surface area is 155 Å². The molecular formula is C19H17ClO4S. The van der Waals surface area contributed by atoms with E-state index in [-0.39, 0.29) is 5.78 Å². The van der Waals surface area contributed by atoms with E-state index in [9.17, 15) is 4.79 Å². The zero-order valence-electron chi connectivity index (χ0n) is 14.0. The minimum absolute atomic E-state index is 0.0639. The topological polar surface area (TPSA) is 44.8 Å². The number of ketones is 1. The van der Waals surface area contributed by atoms with Crippen LogP contribution in [0.3, 0.4) is 0 Å². The molecule has 0 spiro atoms. The van der Waals surface area contributed by atoms with Gasteiger partial charge in [0.15, 0.2) is 5.60 Å². The molecule has 6 heteroatoms. The summed E-state index contributed by atoms with van der Waals surface area (Å²) in [4.78, 5) is 18.2. The van der Waals surface area contributed by atoms with Crippen LogP contribution in [-0.4, -0.2) is 18.5 Å². The summed E-state index contributed by atoms with van der Waals surface area (Å²) < 4.78 is 10.8. The summed E-state index contributed by atoms with van der Waals surface area (Å²) in [6.07, 6.45) is 0. The molecule has 1 heterocycles. The second-order valence-electron chi connectivity index (χ2n) is 5.97. The van der Waals surface area contributed by atoms with E-state index in [2.05, 4.69) is 4.89 Å². The van der Waals surface area contributed by atoms with Gasteiger partial charge in [-0.05, 0) is 37.6 Å². The second-order valence-corrected chi connectivity index (χ2v) is 7.15. The molecule has 0 unspecified atom stereocenters.